The highest BCUT2D eigenvalue weighted by Crippen LogP contribution is 2.34. The average molecular weight is 564 g/mol. The van der Waals surface area contributed by atoms with E-state index in [1.165, 1.54) is 18.3 Å². The molecule has 2 N–H and O–H groups in total. The van der Waals surface area contributed by atoms with Crippen molar-refractivity contribution in [2.75, 3.05) is 50.1 Å². The van der Waals surface area contributed by atoms with Crippen molar-refractivity contribution >= 4 is 28.3 Å². The number of pyridine rings is 1. The van der Waals surface area contributed by atoms with Crippen LogP contribution in [-0.4, -0.2) is 55.4 Å². The maximum absolute atomic E-state index is 14.8. The number of anilines is 2. The van der Waals surface area contributed by atoms with Gasteiger partial charge < -0.3 is 24.8 Å². The number of carbonyl (C=O) groups is 1. The topological polar surface area (TPSA) is 109 Å². The molecule has 4 aromatic rings. The monoisotopic (exact) mass is 563 g/mol. The lowest BCUT2D eigenvalue weighted by Crippen LogP contribution is -2.38. The largest absolute Gasteiger partial charge is 0.491 e. The van der Waals surface area contributed by atoms with Crippen molar-refractivity contribution < 1.29 is 32.2 Å². The molecule has 0 spiro atoms. The summed E-state index contributed by atoms with van der Waals surface area (Å²) in [6.07, 6.45) is 1.52. The molecule has 3 aromatic carbocycles. The van der Waals surface area contributed by atoms with Crippen LogP contribution < -0.4 is 20.1 Å². The summed E-state index contributed by atoms with van der Waals surface area (Å²) in [5.74, 6) is -1.73. The molecular formula is C29H24F3N5O4. The molecule has 41 heavy (non-hydrogen) atoms. The quantitative estimate of drug-likeness (QED) is 0.284. The first-order valence-corrected chi connectivity index (χ1v) is 12.7. The standard InChI is InChI=1S/C29H24F3N5O4/c30-19-1-3-24(22(31)14-19)35-29(38)36-25-4-2-20(15-23(25)32)41-27-5-6-34-26-16-28(18(17-33)13-21(26)27)40-12-9-37-7-10-39-11-8-37/h1-6,13-16H,7-12H2,(H2,35,36,38). The van der Waals surface area contributed by atoms with E-state index in [0.717, 1.165) is 31.3 Å². The van der Waals surface area contributed by atoms with Crippen LogP contribution in [0.25, 0.3) is 10.9 Å². The molecular weight excluding hydrogens is 539 g/mol. The lowest BCUT2D eigenvalue weighted by Gasteiger charge is -2.26. The number of fused-ring (bicyclic) bond motifs is 1. The third-order valence-electron chi connectivity index (χ3n) is 6.29. The molecule has 0 saturated carbocycles. The number of hydrogen-bond acceptors (Lipinski definition) is 7. The molecule has 12 heteroatoms. The highest BCUT2D eigenvalue weighted by Gasteiger charge is 2.15. The molecule has 0 unspecified atom stereocenters. The Hall–Kier alpha value is -4.86. The second-order valence-corrected chi connectivity index (χ2v) is 9.04. The molecule has 9 nitrogen and oxygen atoms in total. The molecule has 5 rings (SSSR count). The number of nitrogens with zero attached hydrogens (tertiary/aromatic N) is 3. The van der Waals surface area contributed by atoms with Crippen LogP contribution in [0.4, 0.5) is 29.3 Å². The van der Waals surface area contributed by atoms with Crippen molar-refractivity contribution in [3.05, 3.63) is 83.8 Å². The molecule has 1 saturated heterocycles. The molecule has 1 aromatic heterocycles. The van der Waals surface area contributed by atoms with Crippen molar-refractivity contribution in [2.24, 2.45) is 0 Å². The molecule has 1 fully saturated rings. The zero-order valence-corrected chi connectivity index (χ0v) is 21.6. The van der Waals surface area contributed by atoms with E-state index in [1.807, 2.05) is 0 Å². The van der Waals surface area contributed by atoms with Gasteiger partial charge >= 0.3 is 6.03 Å². The van der Waals surface area contributed by atoms with Crippen molar-refractivity contribution in [2.45, 2.75) is 0 Å². The Bertz CT molecular complexity index is 1620. The summed E-state index contributed by atoms with van der Waals surface area (Å²) in [5, 5.41) is 14.7. The summed E-state index contributed by atoms with van der Waals surface area (Å²) in [7, 11) is 0. The van der Waals surface area contributed by atoms with E-state index in [4.69, 9.17) is 14.2 Å². The number of benzene rings is 3. The highest BCUT2D eigenvalue weighted by molar-refractivity contribution is 6.00. The first-order chi connectivity index (χ1) is 19.9. The number of carbonyl (C=O) groups excluding carboxylic acids is 1. The fraction of sp³-hybridized carbons (Fsp3) is 0.207. The van der Waals surface area contributed by atoms with Crippen molar-refractivity contribution in [1.82, 2.24) is 9.88 Å². The number of urea groups is 1. The smallest absolute Gasteiger partial charge is 0.323 e. The molecule has 1 aliphatic rings. The van der Waals surface area contributed by atoms with Gasteiger partial charge in [0.1, 0.15) is 47.4 Å². The van der Waals surface area contributed by atoms with Gasteiger partial charge in [-0.2, -0.15) is 5.26 Å². The van der Waals surface area contributed by atoms with Crippen LogP contribution in [0.1, 0.15) is 5.56 Å². The molecule has 1 aliphatic heterocycles. The van der Waals surface area contributed by atoms with Gasteiger partial charge in [-0.1, -0.05) is 0 Å². The minimum Gasteiger partial charge on any atom is -0.491 e. The summed E-state index contributed by atoms with van der Waals surface area (Å²) in [5.41, 5.74) is 0.358. The number of nitrogens with one attached hydrogen (secondary N) is 2. The maximum atomic E-state index is 14.8. The summed E-state index contributed by atoms with van der Waals surface area (Å²) < 4.78 is 58.8. The highest BCUT2D eigenvalue weighted by atomic mass is 19.1. The zero-order valence-electron chi connectivity index (χ0n) is 21.6. The minimum absolute atomic E-state index is 0.120. The molecule has 0 radical (unpaired) electrons. The number of halogens is 3. The van der Waals surface area contributed by atoms with Crippen LogP contribution >= 0.6 is 0 Å². The van der Waals surface area contributed by atoms with Crippen LogP contribution in [0, 0.1) is 28.8 Å². The van der Waals surface area contributed by atoms with Gasteiger partial charge in [-0.3, -0.25) is 9.88 Å². The van der Waals surface area contributed by atoms with Gasteiger partial charge in [0, 0.05) is 49.4 Å². The predicted molar refractivity (Wildman–Crippen MR) is 145 cm³/mol. The number of rotatable bonds is 8. The molecule has 2 amide bonds. The van der Waals surface area contributed by atoms with Crippen LogP contribution in [0.5, 0.6) is 17.2 Å². The SMILES string of the molecule is N#Cc1cc2c(Oc3ccc(NC(=O)Nc4ccc(F)cc4F)c(F)c3)ccnc2cc1OCCN1CCOCC1. The van der Waals surface area contributed by atoms with Crippen molar-refractivity contribution in [1.29, 1.82) is 5.26 Å². The Morgan fingerprint density at radius 3 is 2.41 bits per heavy atom. The second kappa shape index (κ2) is 12.5. The number of hydrogen-bond donors (Lipinski definition) is 2. The van der Waals surface area contributed by atoms with Gasteiger partial charge in [0.25, 0.3) is 0 Å². The van der Waals surface area contributed by atoms with E-state index in [0.29, 0.717) is 60.4 Å². The number of morpholine rings is 1. The normalized spacial score (nSPS) is 13.4. The fourth-order valence-electron chi connectivity index (χ4n) is 4.21. The molecule has 0 atom stereocenters. The first kappa shape index (κ1) is 27.7. The van der Waals surface area contributed by atoms with E-state index in [-0.39, 0.29) is 17.1 Å². The summed E-state index contributed by atoms with van der Waals surface area (Å²) >= 11 is 0. The molecule has 0 bridgehead atoms. The van der Waals surface area contributed by atoms with E-state index < -0.39 is 23.5 Å². The minimum atomic E-state index is -0.972. The lowest BCUT2D eigenvalue weighted by atomic mass is 10.1. The lowest BCUT2D eigenvalue weighted by molar-refractivity contribution is 0.0322. The summed E-state index contributed by atoms with van der Waals surface area (Å²) in [4.78, 5) is 18.8. The van der Waals surface area contributed by atoms with E-state index in [2.05, 4.69) is 26.6 Å². The van der Waals surface area contributed by atoms with Gasteiger partial charge in [-0.05, 0) is 36.4 Å². The Morgan fingerprint density at radius 1 is 0.976 bits per heavy atom. The van der Waals surface area contributed by atoms with Gasteiger partial charge in [-0.15, -0.1) is 0 Å². The van der Waals surface area contributed by atoms with Crippen LogP contribution in [0.15, 0.2) is 60.8 Å². The Labute approximate surface area is 233 Å². The number of aromatic nitrogens is 1. The fourth-order valence-corrected chi connectivity index (χ4v) is 4.21. The number of nitriles is 1. The van der Waals surface area contributed by atoms with Gasteiger partial charge in [0.15, 0.2) is 0 Å². The molecule has 2 heterocycles. The average Bonchev–Trinajstić information content (AvgIpc) is 2.96. The summed E-state index contributed by atoms with van der Waals surface area (Å²) in [6, 6.07) is 12.5. The van der Waals surface area contributed by atoms with Crippen LogP contribution in [0.2, 0.25) is 0 Å². The Morgan fingerprint density at radius 2 is 1.71 bits per heavy atom. The van der Waals surface area contributed by atoms with Crippen LogP contribution in [0.3, 0.4) is 0 Å². The van der Waals surface area contributed by atoms with Crippen LogP contribution in [-0.2, 0) is 4.74 Å². The third-order valence-corrected chi connectivity index (χ3v) is 6.29. The van der Waals surface area contributed by atoms with Crippen molar-refractivity contribution in [3.8, 4) is 23.3 Å². The molecule has 0 aliphatic carbocycles. The number of amides is 2. The first-order valence-electron chi connectivity index (χ1n) is 12.7. The number of ether oxygens (including phenoxy) is 3. The van der Waals surface area contributed by atoms with E-state index >= 15 is 0 Å². The van der Waals surface area contributed by atoms with Gasteiger partial charge in [0.2, 0.25) is 0 Å². The molecule has 210 valence electrons. The predicted octanol–water partition coefficient (Wildman–Crippen LogP) is 5.67. The van der Waals surface area contributed by atoms with Gasteiger partial charge in [-0.25, -0.2) is 18.0 Å². The van der Waals surface area contributed by atoms with Gasteiger partial charge in [0.05, 0.1) is 35.7 Å². The Balaban J connectivity index is 1.27. The van der Waals surface area contributed by atoms with E-state index in [1.54, 1.807) is 18.2 Å². The zero-order chi connectivity index (χ0) is 28.8. The third kappa shape index (κ3) is 6.84. The van der Waals surface area contributed by atoms with E-state index in [9.17, 15) is 23.2 Å². The Kier molecular flexibility index (Phi) is 8.47. The second-order valence-electron chi connectivity index (χ2n) is 9.04. The summed E-state index contributed by atoms with van der Waals surface area (Å²) in [6.45, 7) is 4.12. The maximum Gasteiger partial charge on any atom is 0.323 e. The van der Waals surface area contributed by atoms with Crippen molar-refractivity contribution in [3.63, 3.8) is 0 Å².